The maximum atomic E-state index is 12.6. The van der Waals surface area contributed by atoms with E-state index < -0.39 is 0 Å². The molecule has 0 aliphatic rings. The molecule has 7 heteroatoms. The molecule has 3 rings (SSSR count). The summed E-state index contributed by atoms with van der Waals surface area (Å²) in [6, 6.07) is 12.7. The lowest BCUT2D eigenvalue weighted by molar-refractivity contribution is 0.102. The van der Waals surface area contributed by atoms with Gasteiger partial charge in [-0.3, -0.25) is 4.79 Å². The maximum Gasteiger partial charge on any atom is 0.263 e. The number of rotatable bonds is 6. The Morgan fingerprint density at radius 3 is 2.32 bits per heavy atom. The highest BCUT2D eigenvalue weighted by atomic mass is 16.5. The van der Waals surface area contributed by atoms with Crippen molar-refractivity contribution >= 4 is 11.6 Å². The monoisotopic (exact) mass is 338 g/mol. The van der Waals surface area contributed by atoms with Crippen LogP contribution < -0.4 is 14.8 Å². The molecule has 3 aromatic rings. The fourth-order valence-corrected chi connectivity index (χ4v) is 2.46. The van der Waals surface area contributed by atoms with Crippen LogP contribution in [0.15, 0.2) is 55.1 Å². The first-order valence-electron chi connectivity index (χ1n) is 7.65. The first-order chi connectivity index (χ1) is 12.2. The second kappa shape index (κ2) is 7.48. The summed E-state index contributed by atoms with van der Waals surface area (Å²) in [5.74, 6) is 0.623. The van der Waals surface area contributed by atoms with E-state index in [9.17, 15) is 4.79 Å². The molecule has 0 bridgehead atoms. The molecule has 1 heterocycles. The van der Waals surface area contributed by atoms with Gasteiger partial charge in [0, 0.05) is 5.69 Å². The molecule has 0 aliphatic heterocycles. The van der Waals surface area contributed by atoms with Crippen molar-refractivity contribution in [2.45, 2.75) is 6.54 Å². The second-order valence-electron chi connectivity index (χ2n) is 5.28. The molecule has 0 aliphatic carbocycles. The number of aromatic nitrogens is 3. The number of hydrogen-bond donors (Lipinski definition) is 1. The van der Waals surface area contributed by atoms with Crippen molar-refractivity contribution in [3.8, 4) is 11.5 Å². The van der Waals surface area contributed by atoms with Crippen LogP contribution in [0.3, 0.4) is 0 Å². The summed E-state index contributed by atoms with van der Waals surface area (Å²) in [6.07, 6.45) is 3.15. The Kier molecular flexibility index (Phi) is 4.94. The molecule has 1 N–H and O–H groups in total. The number of benzene rings is 2. The minimum Gasteiger partial charge on any atom is -0.496 e. The van der Waals surface area contributed by atoms with Crippen molar-refractivity contribution < 1.29 is 14.3 Å². The van der Waals surface area contributed by atoms with E-state index in [1.165, 1.54) is 20.5 Å². The Bertz CT molecular complexity index is 823. The first kappa shape index (κ1) is 16.5. The molecule has 0 radical (unpaired) electrons. The van der Waals surface area contributed by atoms with Crippen LogP contribution in [-0.4, -0.2) is 34.9 Å². The van der Waals surface area contributed by atoms with Crippen LogP contribution in [0.1, 0.15) is 15.9 Å². The molecule has 1 aromatic heterocycles. The van der Waals surface area contributed by atoms with E-state index in [0.29, 0.717) is 29.3 Å². The van der Waals surface area contributed by atoms with Crippen LogP contribution in [0.4, 0.5) is 5.69 Å². The van der Waals surface area contributed by atoms with Gasteiger partial charge in [-0.15, -0.1) is 0 Å². The van der Waals surface area contributed by atoms with Crippen molar-refractivity contribution in [1.29, 1.82) is 0 Å². The van der Waals surface area contributed by atoms with Crippen molar-refractivity contribution in [2.75, 3.05) is 19.5 Å². The molecule has 0 spiro atoms. The van der Waals surface area contributed by atoms with E-state index in [1.807, 2.05) is 24.3 Å². The molecule has 25 heavy (non-hydrogen) atoms. The quantitative estimate of drug-likeness (QED) is 0.747. The number of carbonyl (C=O) groups excluding carboxylic acids is 1. The van der Waals surface area contributed by atoms with Crippen LogP contribution >= 0.6 is 0 Å². The smallest absolute Gasteiger partial charge is 0.263 e. The topological polar surface area (TPSA) is 78.3 Å². The van der Waals surface area contributed by atoms with Gasteiger partial charge in [0.15, 0.2) is 0 Å². The Balaban J connectivity index is 1.75. The molecule has 0 saturated heterocycles. The number of amides is 1. The standard InChI is InChI=1S/C18H18N4O3/c1-24-15-4-3-5-16(25-2)17(15)18(23)21-14-8-6-13(7-9-14)10-22-12-19-11-20-22/h3-9,11-12H,10H2,1-2H3,(H,21,23). The molecule has 0 unspecified atom stereocenters. The predicted octanol–water partition coefficient (Wildman–Crippen LogP) is 2.60. The summed E-state index contributed by atoms with van der Waals surface area (Å²) < 4.78 is 12.3. The Morgan fingerprint density at radius 2 is 1.76 bits per heavy atom. The van der Waals surface area contributed by atoms with E-state index >= 15 is 0 Å². The van der Waals surface area contributed by atoms with Gasteiger partial charge in [-0.25, -0.2) is 9.67 Å². The lowest BCUT2D eigenvalue weighted by Gasteiger charge is -2.13. The fourth-order valence-electron chi connectivity index (χ4n) is 2.46. The largest absolute Gasteiger partial charge is 0.496 e. The van der Waals surface area contributed by atoms with E-state index in [1.54, 1.807) is 29.2 Å². The average molecular weight is 338 g/mol. The highest BCUT2D eigenvalue weighted by molar-refractivity contribution is 6.08. The number of ether oxygens (including phenoxy) is 2. The third kappa shape index (κ3) is 3.77. The maximum absolute atomic E-state index is 12.6. The van der Waals surface area contributed by atoms with E-state index in [-0.39, 0.29) is 5.91 Å². The highest BCUT2D eigenvalue weighted by Gasteiger charge is 2.18. The van der Waals surface area contributed by atoms with Gasteiger partial charge in [-0.05, 0) is 29.8 Å². The van der Waals surface area contributed by atoms with Crippen molar-refractivity contribution in [3.63, 3.8) is 0 Å². The van der Waals surface area contributed by atoms with E-state index in [4.69, 9.17) is 9.47 Å². The third-order valence-electron chi connectivity index (χ3n) is 3.68. The summed E-state index contributed by atoms with van der Waals surface area (Å²) in [6.45, 7) is 0.620. The Labute approximate surface area is 145 Å². The number of methoxy groups -OCH3 is 2. The molecule has 2 aromatic carbocycles. The first-order valence-corrected chi connectivity index (χ1v) is 7.65. The minimum atomic E-state index is -0.293. The van der Waals surface area contributed by atoms with Crippen LogP contribution in [0, 0.1) is 0 Å². The number of nitrogens with one attached hydrogen (secondary N) is 1. The van der Waals surface area contributed by atoms with E-state index in [2.05, 4.69) is 15.4 Å². The number of carbonyl (C=O) groups is 1. The summed E-state index contributed by atoms with van der Waals surface area (Å²) in [5.41, 5.74) is 2.10. The highest BCUT2D eigenvalue weighted by Crippen LogP contribution is 2.29. The third-order valence-corrected chi connectivity index (χ3v) is 3.68. The van der Waals surface area contributed by atoms with Gasteiger partial charge in [0.2, 0.25) is 0 Å². The molecular formula is C18H18N4O3. The number of nitrogens with zero attached hydrogens (tertiary/aromatic N) is 3. The predicted molar refractivity (Wildman–Crippen MR) is 93.1 cm³/mol. The van der Waals surface area contributed by atoms with Crippen LogP contribution in [0.25, 0.3) is 0 Å². The molecule has 1 amide bonds. The molecule has 0 saturated carbocycles. The van der Waals surface area contributed by atoms with Gasteiger partial charge in [0.25, 0.3) is 5.91 Å². The summed E-state index contributed by atoms with van der Waals surface area (Å²) in [4.78, 5) is 16.5. The molecule has 0 fully saturated rings. The zero-order valence-corrected chi connectivity index (χ0v) is 14.0. The van der Waals surface area contributed by atoms with Crippen LogP contribution in [-0.2, 0) is 6.54 Å². The lowest BCUT2D eigenvalue weighted by atomic mass is 10.1. The molecule has 0 atom stereocenters. The zero-order chi connectivity index (χ0) is 17.6. The minimum absolute atomic E-state index is 0.293. The second-order valence-corrected chi connectivity index (χ2v) is 5.28. The van der Waals surface area contributed by atoms with Gasteiger partial charge < -0.3 is 14.8 Å². The molecular weight excluding hydrogens is 320 g/mol. The van der Waals surface area contributed by atoms with Crippen molar-refractivity contribution in [1.82, 2.24) is 14.8 Å². The van der Waals surface area contributed by atoms with E-state index in [0.717, 1.165) is 5.56 Å². The SMILES string of the molecule is COc1cccc(OC)c1C(=O)Nc1ccc(Cn2cncn2)cc1. The summed E-state index contributed by atoms with van der Waals surface area (Å²) >= 11 is 0. The van der Waals surface area contributed by atoms with Crippen molar-refractivity contribution in [2.24, 2.45) is 0 Å². The summed E-state index contributed by atoms with van der Waals surface area (Å²) in [5, 5.41) is 6.93. The molecule has 7 nitrogen and oxygen atoms in total. The number of anilines is 1. The van der Waals surface area contributed by atoms with Crippen LogP contribution in [0.2, 0.25) is 0 Å². The zero-order valence-electron chi connectivity index (χ0n) is 14.0. The van der Waals surface area contributed by atoms with Gasteiger partial charge in [-0.2, -0.15) is 5.10 Å². The van der Waals surface area contributed by atoms with Gasteiger partial charge >= 0.3 is 0 Å². The van der Waals surface area contributed by atoms with Gasteiger partial charge in [-0.1, -0.05) is 18.2 Å². The average Bonchev–Trinajstić information content (AvgIpc) is 3.15. The normalized spacial score (nSPS) is 10.3. The fraction of sp³-hybridized carbons (Fsp3) is 0.167. The lowest BCUT2D eigenvalue weighted by Crippen LogP contribution is -2.14. The summed E-state index contributed by atoms with van der Waals surface area (Å²) in [7, 11) is 3.04. The molecule has 128 valence electrons. The Hall–Kier alpha value is -3.35. The van der Waals surface area contributed by atoms with Crippen LogP contribution in [0.5, 0.6) is 11.5 Å². The van der Waals surface area contributed by atoms with Gasteiger partial charge in [0.05, 0.1) is 20.8 Å². The Morgan fingerprint density at radius 1 is 1.08 bits per heavy atom. The van der Waals surface area contributed by atoms with Gasteiger partial charge in [0.1, 0.15) is 29.7 Å². The van der Waals surface area contributed by atoms with Crippen molar-refractivity contribution in [3.05, 3.63) is 66.2 Å². The number of hydrogen-bond acceptors (Lipinski definition) is 5.